The first kappa shape index (κ1) is 17.7. The van der Waals surface area contributed by atoms with Crippen molar-refractivity contribution in [1.29, 1.82) is 0 Å². The van der Waals surface area contributed by atoms with Crippen molar-refractivity contribution in [1.82, 2.24) is 0 Å². The summed E-state index contributed by atoms with van der Waals surface area (Å²) < 4.78 is 0. The first-order valence-corrected chi connectivity index (χ1v) is 8.84. The number of aryl methyl sites for hydroxylation is 2. The summed E-state index contributed by atoms with van der Waals surface area (Å²) in [4.78, 5) is 12.3. The van der Waals surface area contributed by atoms with Crippen LogP contribution in [0.3, 0.4) is 0 Å². The lowest BCUT2D eigenvalue weighted by Gasteiger charge is -2.13. The predicted molar refractivity (Wildman–Crippen MR) is 109 cm³/mol. The van der Waals surface area contributed by atoms with Gasteiger partial charge in [-0.3, -0.25) is 4.79 Å². The minimum atomic E-state index is -0.0496. The van der Waals surface area contributed by atoms with Crippen LogP contribution in [0, 0.1) is 13.8 Å². The van der Waals surface area contributed by atoms with Crippen LogP contribution in [0.2, 0.25) is 0 Å². The fourth-order valence-corrected chi connectivity index (χ4v) is 2.99. The molecule has 3 aromatic carbocycles. The molecule has 2 N–H and O–H groups in total. The van der Waals surface area contributed by atoms with E-state index in [1.807, 2.05) is 62.4 Å². The maximum absolute atomic E-state index is 12.3. The van der Waals surface area contributed by atoms with E-state index in [0.717, 1.165) is 23.4 Å². The molecule has 0 radical (unpaired) electrons. The molecule has 0 saturated carbocycles. The molecular formula is C23H24N2O. The highest BCUT2D eigenvalue weighted by Crippen LogP contribution is 2.19. The number of hydrogen-bond donors (Lipinski definition) is 2. The molecule has 132 valence electrons. The Labute approximate surface area is 155 Å². The fraction of sp³-hybridized carbons (Fsp3) is 0.174. The average Bonchev–Trinajstić information content (AvgIpc) is 2.64. The topological polar surface area (TPSA) is 41.1 Å². The molecule has 0 bridgehead atoms. The van der Waals surface area contributed by atoms with Crippen LogP contribution in [0.1, 0.15) is 22.3 Å². The maximum atomic E-state index is 12.3. The summed E-state index contributed by atoms with van der Waals surface area (Å²) in [6.45, 7) is 4.29. The van der Waals surface area contributed by atoms with E-state index >= 15 is 0 Å². The van der Waals surface area contributed by atoms with Gasteiger partial charge in [0.1, 0.15) is 0 Å². The van der Waals surface area contributed by atoms with E-state index in [1.165, 1.54) is 16.7 Å². The summed E-state index contributed by atoms with van der Waals surface area (Å²) >= 11 is 0. The molecule has 0 fully saturated rings. The van der Waals surface area contributed by atoms with Gasteiger partial charge in [-0.15, -0.1) is 0 Å². The number of nitrogens with one attached hydrogen (secondary N) is 2. The quantitative estimate of drug-likeness (QED) is 0.664. The van der Waals surface area contributed by atoms with E-state index < -0.39 is 0 Å². The molecule has 0 saturated heterocycles. The number of carbonyl (C=O) groups is 1. The largest absolute Gasteiger partial charge is 0.376 e. The SMILES string of the molecule is Cc1ccc(NC(=O)CNc2ccccc2Cc2ccccc2)c(C)c1. The second-order valence-electron chi connectivity index (χ2n) is 6.54. The highest BCUT2D eigenvalue weighted by Gasteiger charge is 2.07. The van der Waals surface area contributed by atoms with Crippen LogP contribution in [0.15, 0.2) is 72.8 Å². The predicted octanol–water partition coefficient (Wildman–Crippen LogP) is 4.94. The lowest BCUT2D eigenvalue weighted by Crippen LogP contribution is -2.22. The zero-order valence-corrected chi connectivity index (χ0v) is 15.3. The molecule has 0 aromatic heterocycles. The molecule has 0 heterocycles. The lowest BCUT2D eigenvalue weighted by molar-refractivity contribution is -0.114. The first-order valence-electron chi connectivity index (χ1n) is 8.84. The van der Waals surface area contributed by atoms with Crippen molar-refractivity contribution in [2.45, 2.75) is 20.3 Å². The molecule has 3 nitrogen and oxygen atoms in total. The van der Waals surface area contributed by atoms with Gasteiger partial charge < -0.3 is 10.6 Å². The van der Waals surface area contributed by atoms with Crippen molar-refractivity contribution in [2.24, 2.45) is 0 Å². The minimum Gasteiger partial charge on any atom is -0.376 e. The lowest BCUT2D eigenvalue weighted by atomic mass is 10.0. The Morgan fingerprint density at radius 1 is 0.846 bits per heavy atom. The second kappa shape index (κ2) is 8.34. The Kier molecular flexibility index (Phi) is 5.69. The Balaban J connectivity index is 1.63. The van der Waals surface area contributed by atoms with Crippen molar-refractivity contribution in [2.75, 3.05) is 17.2 Å². The van der Waals surface area contributed by atoms with E-state index in [1.54, 1.807) is 0 Å². The molecule has 0 atom stereocenters. The van der Waals surface area contributed by atoms with E-state index in [2.05, 4.69) is 34.9 Å². The molecule has 3 aromatic rings. The molecule has 3 heteroatoms. The first-order chi connectivity index (χ1) is 12.6. The van der Waals surface area contributed by atoms with Gasteiger partial charge in [-0.25, -0.2) is 0 Å². The molecule has 0 spiro atoms. The third-order valence-electron chi connectivity index (χ3n) is 4.35. The van der Waals surface area contributed by atoms with Gasteiger partial charge in [-0.1, -0.05) is 66.2 Å². The van der Waals surface area contributed by atoms with Crippen LogP contribution in [-0.2, 0) is 11.2 Å². The molecule has 26 heavy (non-hydrogen) atoms. The van der Waals surface area contributed by atoms with Crippen LogP contribution < -0.4 is 10.6 Å². The van der Waals surface area contributed by atoms with Gasteiger partial charge in [0.15, 0.2) is 0 Å². The van der Waals surface area contributed by atoms with Crippen molar-refractivity contribution in [3.63, 3.8) is 0 Å². The summed E-state index contributed by atoms with van der Waals surface area (Å²) in [6.07, 6.45) is 0.836. The summed E-state index contributed by atoms with van der Waals surface area (Å²) in [5.74, 6) is -0.0496. The van der Waals surface area contributed by atoms with Crippen LogP contribution in [0.4, 0.5) is 11.4 Å². The van der Waals surface area contributed by atoms with Gasteiger partial charge >= 0.3 is 0 Å². The number of hydrogen-bond acceptors (Lipinski definition) is 2. The van der Waals surface area contributed by atoms with Gasteiger partial charge in [0.25, 0.3) is 0 Å². The van der Waals surface area contributed by atoms with Crippen LogP contribution in [-0.4, -0.2) is 12.5 Å². The van der Waals surface area contributed by atoms with Gasteiger partial charge in [-0.2, -0.15) is 0 Å². The van der Waals surface area contributed by atoms with Gasteiger partial charge in [0.2, 0.25) is 5.91 Å². The Hall–Kier alpha value is -3.07. The molecular weight excluding hydrogens is 320 g/mol. The Bertz CT molecular complexity index is 888. The normalized spacial score (nSPS) is 10.4. The van der Waals surface area contributed by atoms with Crippen molar-refractivity contribution in [3.05, 3.63) is 95.1 Å². The van der Waals surface area contributed by atoms with E-state index in [-0.39, 0.29) is 12.5 Å². The third kappa shape index (κ3) is 4.73. The number of anilines is 2. The van der Waals surface area contributed by atoms with Crippen LogP contribution in [0.25, 0.3) is 0 Å². The number of amides is 1. The molecule has 1 amide bonds. The van der Waals surface area contributed by atoms with Crippen molar-refractivity contribution in [3.8, 4) is 0 Å². The smallest absolute Gasteiger partial charge is 0.243 e. The van der Waals surface area contributed by atoms with Crippen molar-refractivity contribution >= 4 is 17.3 Å². The van der Waals surface area contributed by atoms with E-state index in [9.17, 15) is 4.79 Å². The molecule has 0 aliphatic heterocycles. The monoisotopic (exact) mass is 344 g/mol. The average molecular weight is 344 g/mol. The number of rotatable bonds is 6. The number of para-hydroxylation sites is 1. The summed E-state index contributed by atoms with van der Waals surface area (Å²) in [5.41, 5.74) is 6.54. The summed E-state index contributed by atoms with van der Waals surface area (Å²) in [5, 5.41) is 6.25. The standard InChI is InChI=1S/C23H24N2O/c1-17-12-13-21(18(2)14-17)25-23(26)16-24-22-11-7-6-10-20(22)15-19-8-4-3-5-9-19/h3-14,24H,15-16H2,1-2H3,(H,25,26). The summed E-state index contributed by atoms with van der Waals surface area (Å²) in [7, 11) is 0. The fourth-order valence-electron chi connectivity index (χ4n) is 2.99. The summed E-state index contributed by atoms with van der Waals surface area (Å²) in [6, 6.07) is 24.5. The van der Waals surface area contributed by atoms with Gasteiger partial charge in [0, 0.05) is 11.4 Å². The Morgan fingerprint density at radius 3 is 2.35 bits per heavy atom. The van der Waals surface area contributed by atoms with E-state index in [4.69, 9.17) is 0 Å². The molecule has 0 aliphatic carbocycles. The van der Waals surface area contributed by atoms with Crippen LogP contribution >= 0.6 is 0 Å². The minimum absolute atomic E-state index is 0.0496. The number of benzene rings is 3. The maximum Gasteiger partial charge on any atom is 0.243 e. The highest BCUT2D eigenvalue weighted by atomic mass is 16.1. The molecule has 0 unspecified atom stereocenters. The zero-order valence-electron chi connectivity index (χ0n) is 15.3. The van der Waals surface area contributed by atoms with E-state index in [0.29, 0.717) is 0 Å². The molecule has 0 aliphatic rings. The molecule has 3 rings (SSSR count). The van der Waals surface area contributed by atoms with Crippen molar-refractivity contribution < 1.29 is 4.79 Å². The highest BCUT2D eigenvalue weighted by molar-refractivity contribution is 5.94. The second-order valence-corrected chi connectivity index (χ2v) is 6.54. The Morgan fingerprint density at radius 2 is 1.58 bits per heavy atom. The van der Waals surface area contributed by atoms with Crippen LogP contribution in [0.5, 0.6) is 0 Å². The third-order valence-corrected chi connectivity index (χ3v) is 4.35. The van der Waals surface area contributed by atoms with Gasteiger partial charge in [-0.05, 0) is 49.1 Å². The number of carbonyl (C=O) groups excluding carboxylic acids is 1. The zero-order chi connectivity index (χ0) is 18.4. The van der Waals surface area contributed by atoms with Gasteiger partial charge in [0.05, 0.1) is 6.54 Å².